The normalized spacial score (nSPS) is 12.5. The molecule has 3 aromatic rings. The van der Waals surface area contributed by atoms with Gasteiger partial charge >= 0.3 is 199 Å². The topological polar surface area (TPSA) is 0 Å². The summed E-state index contributed by atoms with van der Waals surface area (Å²) in [6.07, 6.45) is 0. The molecule has 0 fully saturated rings. The van der Waals surface area contributed by atoms with Crippen molar-refractivity contribution in [2.75, 3.05) is 0 Å². The smallest absolute Gasteiger partial charge is 1.00 e. The van der Waals surface area contributed by atoms with Crippen molar-refractivity contribution in [2.45, 2.75) is 71.1 Å². The Morgan fingerprint density at radius 2 is 0.656 bits per heavy atom. The van der Waals surface area contributed by atoms with Crippen LogP contribution in [-0.4, -0.2) is 19.8 Å². The van der Waals surface area contributed by atoms with Crippen molar-refractivity contribution < 1.29 is 12.4 Å². The van der Waals surface area contributed by atoms with Gasteiger partial charge < -0.3 is 12.4 Å². The molecule has 0 aliphatic carbocycles. The molecule has 1 radical (unpaired) electrons. The summed E-state index contributed by atoms with van der Waals surface area (Å²) in [5.41, 5.74) is 5.16. The molecule has 32 heavy (non-hydrogen) atoms. The molecule has 0 spiro atoms. The van der Waals surface area contributed by atoms with Crippen LogP contribution in [0.3, 0.4) is 0 Å². The summed E-state index contributed by atoms with van der Waals surface area (Å²) in [7, 11) is 0. The Hall–Kier alpha value is -1.25. The Morgan fingerprint density at radius 1 is 0.438 bits per heavy atom. The summed E-state index contributed by atoms with van der Waals surface area (Å²) in [6.45, 7) is 14.8. The van der Waals surface area contributed by atoms with Gasteiger partial charge in [0.05, 0.1) is 0 Å². The van der Waals surface area contributed by atoms with Crippen LogP contribution in [0.2, 0.25) is 13.3 Å². The molecule has 3 aromatic carbocycles. The Bertz CT molecular complexity index is 803. The number of benzene rings is 3. The second-order valence-electron chi connectivity index (χ2n) is 11.0. The number of halogens is 1. The van der Waals surface area contributed by atoms with Gasteiger partial charge in [-0.3, -0.25) is 0 Å². The Morgan fingerprint density at radius 3 is 0.875 bits per heavy atom. The molecule has 0 nitrogen and oxygen atoms in total. The zero-order valence-electron chi connectivity index (χ0n) is 20.7. The van der Waals surface area contributed by atoms with E-state index in [9.17, 15) is 0 Å². The van der Waals surface area contributed by atoms with E-state index in [2.05, 4.69) is 133 Å². The van der Waals surface area contributed by atoms with Crippen LogP contribution < -0.4 is 12.4 Å². The van der Waals surface area contributed by atoms with Crippen LogP contribution in [-0.2, 0) is 16.2 Å². The molecule has 0 unspecified atom stereocenters. The molecule has 0 atom stereocenters. The molecule has 0 N–H and O–H groups in total. The van der Waals surface area contributed by atoms with Gasteiger partial charge in [-0.1, -0.05) is 0 Å². The zero-order valence-corrected chi connectivity index (χ0v) is 24.3. The average Bonchev–Trinajstić information content (AvgIpc) is 2.75. The first-order valence-corrected chi connectivity index (χ1v) is 17.7. The summed E-state index contributed by atoms with van der Waals surface area (Å²) >= 11 is -1.84. The first-order chi connectivity index (χ1) is 14.6. The van der Waals surface area contributed by atoms with Crippen LogP contribution in [0.25, 0.3) is 0 Å². The van der Waals surface area contributed by atoms with Crippen molar-refractivity contribution >= 4 is 19.8 Å². The minimum atomic E-state index is -1.84. The van der Waals surface area contributed by atoms with E-state index in [1.54, 1.807) is 0 Å². The van der Waals surface area contributed by atoms with E-state index in [0.29, 0.717) is 0 Å². The van der Waals surface area contributed by atoms with Crippen molar-refractivity contribution in [3.05, 3.63) is 108 Å². The van der Waals surface area contributed by atoms with Crippen LogP contribution in [0, 0.1) is 0 Å². The van der Waals surface area contributed by atoms with Crippen LogP contribution in [0.4, 0.5) is 0 Å². The molecular formula is C30H39ClSn-. The summed E-state index contributed by atoms with van der Waals surface area (Å²) in [5.74, 6) is 0. The molecule has 0 aliphatic heterocycles. The van der Waals surface area contributed by atoms with Crippen molar-refractivity contribution in [2.24, 2.45) is 0 Å². The van der Waals surface area contributed by atoms with Gasteiger partial charge in [-0.2, -0.15) is 0 Å². The molecule has 171 valence electrons. The van der Waals surface area contributed by atoms with E-state index in [1.165, 1.54) is 30.0 Å². The maximum atomic E-state index is 2.47. The van der Waals surface area contributed by atoms with Crippen LogP contribution >= 0.6 is 0 Å². The summed E-state index contributed by atoms with van der Waals surface area (Å²) in [6, 6.07) is 33.5. The SMILES string of the molecule is CC(C)([CH2][Sn]([CH2]C(C)(C)c1ccccc1)[CH2]C(C)(C)c1ccccc1)c1ccccc1.[Cl-]. The first-order valence-electron chi connectivity index (χ1n) is 11.6. The van der Waals surface area contributed by atoms with Gasteiger partial charge in [-0.15, -0.1) is 0 Å². The fraction of sp³-hybridized carbons (Fsp3) is 0.400. The number of rotatable bonds is 9. The van der Waals surface area contributed by atoms with Crippen LogP contribution in [0.5, 0.6) is 0 Å². The second-order valence-corrected chi connectivity index (χ2v) is 18.3. The van der Waals surface area contributed by atoms with Gasteiger partial charge in [-0.05, 0) is 0 Å². The fourth-order valence-corrected chi connectivity index (χ4v) is 18.6. The molecule has 0 aromatic heterocycles. The zero-order chi connectivity index (χ0) is 22.5. The van der Waals surface area contributed by atoms with Crippen molar-refractivity contribution in [3.63, 3.8) is 0 Å². The van der Waals surface area contributed by atoms with Gasteiger partial charge in [0.25, 0.3) is 0 Å². The molecule has 0 aliphatic rings. The van der Waals surface area contributed by atoms with Gasteiger partial charge in [0.1, 0.15) is 0 Å². The molecule has 3 rings (SSSR count). The van der Waals surface area contributed by atoms with E-state index in [1.807, 2.05) is 0 Å². The quantitative estimate of drug-likeness (QED) is 0.311. The van der Waals surface area contributed by atoms with Gasteiger partial charge in [0.15, 0.2) is 0 Å². The minimum Gasteiger partial charge on any atom is -1.00 e. The molecule has 0 saturated carbocycles. The van der Waals surface area contributed by atoms with Crippen molar-refractivity contribution in [1.29, 1.82) is 0 Å². The van der Waals surface area contributed by atoms with E-state index < -0.39 is 19.8 Å². The largest absolute Gasteiger partial charge is 1.00 e. The predicted molar refractivity (Wildman–Crippen MR) is 139 cm³/mol. The molecule has 0 bridgehead atoms. The maximum Gasteiger partial charge on any atom is -1.00 e. The van der Waals surface area contributed by atoms with Gasteiger partial charge in [-0.25, -0.2) is 0 Å². The maximum absolute atomic E-state index is 2.47. The average molecular weight is 554 g/mol. The monoisotopic (exact) mass is 554 g/mol. The third kappa shape index (κ3) is 7.12. The third-order valence-electron chi connectivity index (χ3n) is 6.74. The number of hydrogen-bond donors (Lipinski definition) is 0. The van der Waals surface area contributed by atoms with E-state index in [4.69, 9.17) is 0 Å². The Labute approximate surface area is 210 Å². The molecular weight excluding hydrogens is 514 g/mol. The van der Waals surface area contributed by atoms with Crippen molar-refractivity contribution in [3.8, 4) is 0 Å². The molecule has 0 heterocycles. The summed E-state index contributed by atoms with van der Waals surface area (Å²) < 4.78 is 4.14. The number of hydrogen-bond acceptors (Lipinski definition) is 0. The minimum absolute atomic E-state index is 0. The van der Waals surface area contributed by atoms with Gasteiger partial charge in [0, 0.05) is 0 Å². The van der Waals surface area contributed by atoms with Gasteiger partial charge in [0.2, 0.25) is 0 Å². The second kappa shape index (κ2) is 11.3. The molecule has 0 amide bonds. The first kappa shape index (κ1) is 27.0. The molecule has 0 saturated heterocycles. The molecule has 2 heteroatoms. The summed E-state index contributed by atoms with van der Waals surface area (Å²) in [4.78, 5) is 0. The predicted octanol–water partition coefficient (Wildman–Crippen LogP) is 5.42. The van der Waals surface area contributed by atoms with Crippen LogP contribution in [0.15, 0.2) is 91.0 Å². The van der Waals surface area contributed by atoms with Crippen molar-refractivity contribution in [1.82, 2.24) is 0 Å². The van der Waals surface area contributed by atoms with E-state index in [-0.39, 0.29) is 28.7 Å². The summed E-state index contributed by atoms with van der Waals surface area (Å²) in [5, 5.41) is 0. The van der Waals surface area contributed by atoms with Crippen LogP contribution in [0.1, 0.15) is 58.2 Å². The third-order valence-corrected chi connectivity index (χ3v) is 18.6. The van der Waals surface area contributed by atoms with E-state index >= 15 is 0 Å². The Balaban J connectivity index is 0.00000363. The standard InChI is InChI=1S/3C10H13.ClH.Sn/c3*1-10(2,3)9-7-5-4-6-8-9;;/h3*4-8H,1H2,2-3H3;1H;/p-1. The van der Waals surface area contributed by atoms with E-state index in [0.717, 1.165) is 0 Å². The fourth-order valence-electron chi connectivity index (χ4n) is 5.04. The Kier molecular flexibility index (Phi) is 9.49.